The van der Waals surface area contributed by atoms with Crippen LogP contribution in [0.3, 0.4) is 0 Å². The average Bonchev–Trinajstić information content (AvgIpc) is 3.57. The van der Waals surface area contributed by atoms with Crippen LogP contribution < -0.4 is 10.6 Å². The summed E-state index contributed by atoms with van der Waals surface area (Å²) in [6.07, 6.45) is 7.00. The van der Waals surface area contributed by atoms with Crippen molar-refractivity contribution in [2.24, 2.45) is 0 Å². The Morgan fingerprint density at radius 2 is 1.19 bits per heavy atom. The van der Waals surface area contributed by atoms with Gasteiger partial charge in [0.15, 0.2) is 0 Å². The van der Waals surface area contributed by atoms with E-state index in [4.69, 9.17) is 0 Å². The maximum atomic E-state index is 2.49. The summed E-state index contributed by atoms with van der Waals surface area (Å²) in [4.78, 5) is 0. The fourth-order valence-corrected chi connectivity index (χ4v) is 7.14. The van der Waals surface area contributed by atoms with Crippen LogP contribution in [-0.2, 0) is 0 Å². The molecule has 2 nitrogen and oxygen atoms in total. The smallest absolute Gasteiger partial charge is 0.0547 e. The summed E-state index contributed by atoms with van der Waals surface area (Å²) in [6.45, 7) is 0. The molecule has 0 atom stereocenters. The van der Waals surface area contributed by atoms with Crippen molar-refractivity contribution in [3.63, 3.8) is 0 Å². The van der Waals surface area contributed by atoms with Crippen LogP contribution in [0.15, 0.2) is 133 Å². The van der Waals surface area contributed by atoms with Crippen LogP contribution in [-0.4, -0.2) is 9.13 Å². The third-order valence-corrected chi connectivity index (χ3v) is 8.93. The average molecular weight is 537 g/mol. The fraction of sp³-hybridized carbons (Fsp3) is 0.0500. The SMILES string of the molecule is C1=c2c(n(-c3cccc4ccccc34)c3cccc(-c4ccc5c6ccccc6n(-c6ccccc6)c5c4)c23)=CCC1. The first kappa shape index (κ1) is 23.4. The number of rotatable bonds is 3. The van der Waals surface area contributed by atoms with Crippen molar-refractivity contribution >= 4 is 55.6 Å². The number of aromatic nitrogens is 2. The van der Waals surface area contributed by atoms with E-state index in [1.54, 1.807) is 0 Å². The minimum absolute atomic E-state index is 1.06. The summed E-state index contributed by atoms with van der Waals surface area (Å²) >= 11 is 0. The molecular weight excluding hydrogens is 508 g/mol. The molecule has 8 aromatic rings. The van der Waals surface area contributed by atoms with Gasteiger partial charge in [-0.3, -0.25) is 0 Å². The first-order chi connectivity index (χ1) is 20.9. The molecule has 198 valence electrons. The molecule has 0 unspecified atom stereocenters. The second-order valence-corrected chi connectivity index (χ2v) is 11.2. The van der Waals surface area contributed by atoms with Crippen LogP contribution in [0.25, 0.3) is 78.1 Å². The third-order valence-electron chi connectivity index (χ3n) is 8.93. The van der Waals surface area contributed by atoms with Gasteiger partial charge in [0.25, 0.3) is 0 Å². The van der Waals surface area contributed by atoms with Crippen LogP contribution in [0.4, 0.5) is 0 Å². The van der Waals surface area contributed by atoms with Crippen molar-refractivity contribution in [3.05, 3.63) is 144 Å². The van der Waals surface area contributed by atoms with Gasteiger partial charge in [0.2, 0.25) is 0 Å². The lowest BCUT2D eigenvalue weighted by molar-refractivity contribution is 1.03. The molecule has 0 amide bonds. The minimum Gasteiger partial charge on any atom is -0.309 e. The molecule has 0 fully saturated rings. The van der Waals surface area contributed by atoms with E-state index >= 15 is 0 Å². The number of hydrogen-bond donors (Lipinski definition) is 0. The number of hydrogen-bond acceptors (Lipinski definition) is 0. The zero-order valence-corrected chi connectivity index (χ0v) is 23.2. The Balaban J connectivity index is 1.37. The second-order valence-electron chi connectivity index (χ2n) is 11.2. The van der Waals surface area contributed by atoms with Crippen molar-refractivity contribution in [3.8, 4) is 22.5 Å². The molecule has 9 rings (SSSR count). The Kier molecular flexibility index (Phi) is 5.06. The highest BCUT2D eigenvalue weighted by Gasteiger charge is 2.18. The molecule has 0 aliphatic heterocycles. The molecule has 0 spiro atoms. The number of para-hydroxylation sites is 2. The molecule has 0 N–H and O–H groups in total. The van der Waals surface area contributed by atoms with Gasteiger partial charge in [-0.2, -0.15) is 0 Å². The second kappa shape index (κ2) is 9.09. The summed E-state index contributed by atoms with van der Waals surface area (Å²) in [5.74, 6) is 0. The normalized spacial score (nSPS) is 13.0. The summed E-state index contributed by atoms with van der Waals surface area (Å²) < 4.78 is 4.90. The van der Waals surface area contributed by atoms with Gasteiger partial charge in [0, 0.05) is 37.8 Å². The maximum absolute atomic E-state index is 2.49. The molecule has 0 bridgehead atoms. The van der Waals surface area contributed by atoms with Crippen LogP contribution in [0.2, 0.25) is 0 Å². The lowest BCUT2D eigenvalue weighted by Gasteiger charge is -2.12. The Labute approximate surface area is 243 Å². The Hall–Kier alpha value is -5.34. The van der Waals surface area contributed by atoms with Gasteiger partial charge in [-0.05, 0) is 65.8 Å². The number of nitrogens with zero attached hydrogens (tertiary/aromatic N) is 2. The molecule has 0 radical (unpaired) electrons. The number of benzene rings is 6. The highest BCUT2D eigenvalue weighted by Crippen LogP contribution is 2.36. The Morgan fingerprint density at radius 3 is 2.12 bits per heavy atom. The Bertz CT molecular complexity index is 2450. The van der Waals surface area contributed by atoms with E-state index in [0.29, 0.717) is 0 Å². The van der Waals surface area contributed by atoms with Gasteiger partial charge in [0.05, 0.1) is 22.2 Å². The molecule has 1 aliphatic carbocycles. The summed E-state index contributed by atoms with van der Waals surface area (Å²) in [5.41, 5.74) is 8.66. The van der Waals surface area contributed by atoms with E-state index in [1.165, 1.54) is 76.6 Å². The first-order valence-electron chi connectivity index (χ1n) is 14.8. The predicted octanol–water partition coefficient (Wildman–Crippen LogP) is 8.90. The molecule has 2 aromatic heterocycles. The van der Waals surface area contributed by atoms with Crippen molar-refractivity contribution in [1.29, 1.82) is 0 Å². The van der Waals surface area contributed by atoms with Crippen molar-refractivity contribution in [2.75, 3.05) is 0 Å². The molecule has 0 saturated carbocycles. The molecule has 0 saturated heterocycles. The maximum Gasteiger partial charge on any atom is 0.0547 e. The van der Waals surface area contributed by atoms with Crippen LogP contribution in [0, 0.1) is 0 Å². The van der Waals surface area contributed by atoms with E-state index in [2.05, 4.69) is 155 Å². The van der Waals surface area contributed by atoms with Crippen LogP contribution in [0.1, 0.15) is 12.8 Å². The summed E-state index contributed by atoms with van der Waals surface area (Å²) in [5, 5.41) is 9.09. The van der Waals surface area contributed by atoms with E-state index < -0.39 is 0 Å². The molecular formula is C40H28N2. The van der Waals surface area contributed by atoms with E-state index in [1.807, 2.05) is 0 Å². The highest BCUT2D eigenvalue weighted by molar-refractivity contribution is 6.11. The van der Waals surface area contributed by atoms with E-state index in [-0.39, 0.29) is 0 Å². The van der Waals surface area contributed by atoms with Crippen molar-refractivity contribution in [2.45, 2.75) is 12.8 Å². The zero-order chi connectivity index (χ0) is 27.6. The number of fused-ring (bicyclic) bond motifs is 7. The van der Waals surface area contributed by atoms with E-state index in [0.717, 1.165) is 12.8 Å². The third kappa shape index (κ3) is 3.33. The topological polar surface area (TPSA) is 9.86 Å². The quantitative estimate of drug-likeness (QED) is 0.213. The largest absolute Gasteiger partial charge is 0.309 e. The van der Waals surface area contributed by atoms with Crippen LogP contribution >= 0.6 is 0 Å². The lowest BCUT2D eigenvalue weighted by atomic mass is 9.98. The zero-order valence-electron chi connectivity index (χ0n) is 23.2. The minimum atomic E-state index is 1.06. The Morgan fingerprint density at radius 1 is 0.476 bits per heavy atom. The summed E-state index contributed by atoms with van der Waals surface area (Å²) in [7, 11) is 0. The molecule has 2 heterocycles. The molecule has 2 heteroatoms. The van der Waals surface area contributed by atoms with Crippen LogP contribution in [0.5, 0.6) is 0 Å². The van der Waals surface area contributed by atoms with Gasteiger partial charge in [-0.25, -0.2) is 0 Å². The van der Waals surface area contributed by atoms with Gasteiger partial charge < -0.3 is 9.13 Å². The predicted molar refractivity (Wildman–Crippen MR) is 178 cm³/mol. The molecule has 1 aliphatic rings. The van der Waals surface area contributed by atoms with Gasteiger partial charge in [0.1, 0.15) is 0 Å². The van der Waals surface area contributed by atoms with Crippen molar-refractivity contribution < 1.29 is 0 Å². The highest BCUT2D eigenvalue weighted by atomic mass is 15.0. The fourth-order valence-electron chi connectivity index (χ4n) is 7.14. The van der Waals surface area contributed by atoms with Gasteiger partial charge in [-0.15, -0.1) is 0 Å². The first-order valence-corrected chi connectivity index (χ1v) is 14.8. The monoisotopic (exact) mass is 536 g/mol. The van der Waals surface area contributed by atoms with Crippen molar-refractivity contribution in [1.82, 2.24) is 9.13 Å². The molecule has 42 heavy (non-hydrogen) atoms. The van der Waals surface area contributed by atoms with Gasteiger partial charge in [-0.1, -0.05) is 109 Å². The van der Waals surface area contributed by atoms with Gasteiger partial charge >= 0.3 is 0 Å². The standard InChI is InChI=1S/C40H28N2/c1-2-14-29(15-3-1)41-36-20-8-6-17-32(36)33-25-24-28(26-39(33)41)31-19-11-23-38-40(31)34-18-7-9-21-37(34)42(38)35-22-10-13-27-12-4-5-16-30(27)35/h1-6,8,10-26H,7,9H2. The molecule has 6 aromatic carbocycles. The summed E-state index contributed by atoms with van der Waals surface area (Å²) in [6, 6.07) is 48.7. The lowest BCUT2D eigenvalue weighted by Crippen LogP contribution is -2.30. The van der Waals surface area contributed by atoms with E-state index in [9.17, 15) is 0 Å².